The maximum absolute atomic E-state index is 11.5. The van der Waals surface area contributed by atoms with Gasteiger partial charge >= 0.3 is 0 Å². The topological polar surface area (TPSA) is 64.6 Å². The first-order valence-electron chi connectivity index (χ1n) is 9.23. The molecule has 0 saturated carbocycles. The average molecular weight is 402 g/mol. The van der Waals surface area contributed by atoms with Crippen LogP contribution in [-0.4, -0.2) is 36.2 Å². The molecule has 0 aromatic heterocycles. The van der Waals surface area contributed by atoms with Crippen molar-refractivity contribution in [2.24, 2.45) is 0 Å². The van der Waals surface area contributed by atoms with Crippen molar-refractivity contribution < 1.29 is 17.6 Å². The molecule has 0 aliphatic heterocycles. The van der Waals surface area contributed by atoms with Gasteiger partial charge in [-0.1, -0.05) is 40.2 Å². The van der Waals surface area contributed by atoms with Gasteiger partial charge in [0.15, 0.2) is 8.32 Å². The number of aryl methyl sites for hydroxylation is 1. The highest BCUT2D eigenvalue weighted by molar-refractivity contribution is 7.92. The van der Waals surface area contributed by atoms with Gasteiger partial charge < -0.3 is 9.16 Å². The fourth-order valence-electron chi connectivity index (χ4n) is 2.21. The average Bonchev–Trinajstić information content (AvgIpc) is 2.48. The van der Waals surface area contributed by atoms with E-state index in [0.29, 0.717) is 18.9 Å². The van der Waals surface area contributed by atoms with Gasteiger partial charge in [-0.3, -0.25) is 4.72 Å². The highest BCUT2D eigenvalue weighted by Gasteiger charge is 2.36. The smallest absolute Gasteiger partial charge is 0.229 e. The predicted octanol–water partition coefficient (Wildman–Crippen LogP) is 4.80. The zero-order valence-corrected chi connectivity index (χ0v) is 19.1. The Morgan fingerprint density at radius 1 is 1.15 bits per heavy atom. The minimum atomic E-state index is -3.31. The molecule has 1 N–H and O–H groups in total. The summed E-state index contributed by atoms with van der Waals surface area (Å²) in [6.07, 6.45) is 4.21. The van der Waals surface area contributed by atoms with E-state index in [0.717, 1.165) is 36.8 Å². The van der Waals surface area contributed by atoms with Gasteiger partial charge in [-0.25, -0.2) is 8.42 Å². The molecule has 0 spiro atoms. The Labute approximate surface area is 160 Å². The van der Waals surface area contributed by atoms with E-state index in [1.54, 1.807) is 12.1 Å². The fraction of sp³-hybridized carbons (Fsp3) is 0.684. The Morgan fingerprint density at radius 2 is 1.81 bits per heavy atom. The molecular formula is C19H35NO4SSi. The molecule has 0 saturated heterocycles. The zero-order valence-electron chi connectivity index (χ0n) is 17.3. The number of nitrogens with one attached hydrogen (secondary N) is 1. The Kier molecular flexibility index (Phi) is 8.17. The van der Waals surface area contributed by atoms with Crippen LogP contribution in [0.1, 0.15) is 46.1 Å². The van der Waals surface area contributed by atoms with Gasteiger partial charge in [0.25, 0.3) is 0 Å². The Hall–Kier alpha value is -1.05. The normalized spacial score (nSPS) is 12.9. The van der Waals surface area contributed by atoms with Crippen molar-refractivity contribution in [2.45, 2.75) is 65.1 Å². The third-order valence-electron chi connectivity index (χ3n) is 4.78. The van der Waals surface area contributed by atoms with Crippen LogP contribution >= 0.6 is 0 Å². The summed E-state index contributed by atoms with van der Waals surface area (Å²) in [6, 6.07) is 5.48. The quantitative estimate of drug-likeness (QED) is 0.452. The zero-order chi connectivity index (χ0) is 20.0. The molecule has 0 heterocycles. The van der Waals surface area contributed by atoms with Crippen LogP contribution in [0.15, 0.2) is 18.2 Å². The summed E-state index contributed by atoms with van der Waals surface area (Å²) >= 11 is 0. The maximum Gasteiger partial charge on any atom is 0.229 e. The summed E-state index contributed by atoms with van der Waals surface area (Å²) in [5, 5.41) is 0.165. The van der Waals surface area contributed by atoms with Crippen molar-refractivity contribution in [1.29, 1.82) is 0 Å². The summed E-state index contributed by atoms with van der Waals surface area (Å²) in [6.45, 7) is 14.2. The van der Waals surface area contributed by atoms with Crippen LogP contribution in [-0.2, 0) is 20.9 Å². The van der Waals surface area contributed by atoms with Crippen molar-refractivity contribution in [3.8, 4) is 5.75 Å². The van der Waals surface area contributed by atoms with E-state index in [9.17, 15) is 8.42 Å². The molecule has 7 heteroatoms. The molecular weight excluding hydrogens is 366 g/mol. The van der Waals surface area contributed by atoms with Crippen molar-refractivity contribution in [3.63, 3.8) is 0 Å². The van der Waals surface area contributed by atoms with Crippen molar-refractivity contribution >= 4 is 24.0 Å². The first-order chi connectivity index (χ1) is 11.9. The predicted molar refractivity (Wildman–Crippen MR) is 112 cm³/mol. The summed E-state index contributed by atoms with van der Waals surface area (Å²) in [5.41, 5.74) is 1.62. The number of sulfonamides is 1. The summed E-state index contributed by atoms with van der Waals surface area (Å²) < 4.78 is 37.5. The molecule has 1 aromatic rings. The van der Waals surface area contributed by atoms with Crippen molar-refractivity contribution in [1.82, 2.24) is 0 Å². The number of hydrogen-bond donors (Lipinski definition) is 1. The number of benzene rings is 1. The lowest BCUT2D eigenvalue weighted by Crippen LogP contribution is -2.41. The lowest BCUT2D eigenvalue weighted by Gasteiger charge is -2.36. The van der Waals surface area contributed by atoms with E-state index in [2.05, 4.69) is 45.5 Å². The van der Waals surface area contributed by atoms with E-state index in [4.69, 9.17) is 9.16 Å². The molecule has 0 fully saturated rings. The molecule has 5 nitrogen and oxygen atoms in total. The summed E-state index contributed by atoms with van der Waals surface area (Å²) in [4.78, 5) is 0. The van der Waals surface area contributed by atoms with Crippen molar-refractivity contribution in [2.75, 3.05) is 24.2 Å². The molecule has 0 bridgehead atoms. The van der Waals surface area contributed by atoms with E-state index in [-0.39, 0.29) is 5.04 Å². The molecule has 0 aliphatic carbocycles. The van der Waals surface area contributed by atoms with E-state index in [1.165, 1.54) is 0 Å². The second-order valence-electron chi connectivity index (χ2n) is 8.26. The van der Waals surface area contributed by atoms with Crippen molar-refractivity contribution in [3.05, 3.63) is 23.8 Å². The van der Waals surface area contributed by atoms with Crippen LogP contribution in [0.5, 0.6) is 5.75 Å². The number of rotatable bonds is 10. The monoisotopic (exact) mass is 401 g/mol. The Bertz CT molecular complexity index is 681. The summed E-state index contributed by atoms with van der Waals surface area (Å²) in [5.74, 6) is 0.728. The molecule has 1 rings (SSSR count). The van der Waals surface area contributed by atoms with Crippen LogP contribution in [0.3, 0.4) is 0 Å². The minimum Gasteiger partial charge on any atom is -0.491 e. The SMILES string of the molecule is CCCCc1ccc(NS(C)(=O)=O)cc1OCCO[Si](C)(C)C(C)(C)C. The lowest BCUT2D eigenvalue weighted by molar-refractivity contribution is 0.202. The van der Waals surface area contributed by atoms with Crippen LogP contribution in [0, 0.1) is 0 Å². The minimum absolute atomic E-state index is 0.165. The molecule has 150 valence electrons. The van der Waals surface area contributed by atoms with Crippen LogP contribution in [0.2, 0.25) is 18.1 Å². The van der Waals surface area contributed by atoms with Gasteiger partial charge in [0.1, 0.15) is 12.4 Å². The van der Waals surface area contributed by atoms with Gasteiger partial charge in [-0.2, -0.15) is 0 Å². The third-order valence-corrected chi connectivity index (χ3v) is 9.92. The lowest BCUT2D eigenvalue weighted by atomic mass is 10.1. The van der Waals surface area contributed by atoms with Gasteiger partial charge in [0.2, 0.25) is 10.0 Å². The Balaban J connectivity index is 2.79. The van der Waals surface area contributed by atoms with E-state index >= 15 is 0 Å². The first-order valence-corrected chi connectivity index (χ1v) is 14.0. The van der Waals surface area contributed by atoms with Crippen LogP contribution in [0.25, 0.3) is 0 Å². The highest BCUT2D eigenvalue weighted by Crippen LogP contribution is 2.36. The van der Waals surface area contributed by atoms with E-state index < -0.39 is 18.3 Å². The van der Waals surface area contributed by atoms with Gasteiger partial charge in [-0.15, -0.1) is 0 Å². The Morgan fingerprint density at radius 3 is 2.35 bits per heavy atom. The van der Waals surface area contributed by atoms with E-state index in [1.807, 2.05) is 6.07 Å². The van der Waals surface area contributed by atoms with Gasteiger partial charge in [0, 0.05) is 6.07 Å². The molecule has 0 radical (unpaired) electrons. The van der Waals surface area contributed by atoms with Gasteiger partial charge in [0.05, 0.1) is 18.6 Å². The number of ether oxygens (including phenoxy) is 1. The number of unbranched alkanes of at least 4 members (excludes halogenated alkanes) is 1. The molecule has 0 aliphatic rings. The van der Waals surface area contributed by atoms with Crippen LogP contribution < -0.4 is 9.46 Å². The second kappa shape index (κ2) is 9.24. The third kappa shape index (κ3) is 7.68. The second-order valence-corrected chi connectivity index (χ2v) is 14.8. The molecule has 0 amide bonds. The highest BCUT2D eigenvalue weighted by atomic mass is 32.2. The summed E-state index contributed by atoms with van der Waals surface area (Å²) in [7, 11) is -5.10. The standard InChI is InChI=1S/C19H35NO4SSi/c1-8-9-10-16-11-12-17(20-25(5,21)22)15-18(16)23-13-14-24-26(6,7)19(2,3)4/h11-12,15,20H,8-10,13-14H2,1-7H3. The van der Waals surface area contributed by atoms with Crippen LogP contribution in [0.4, 0.5) is 5.69 Å². The molecule has 1 aromatic carbocycles. The maximum atomic E-state index is 11.5. The number of hydrogen-bond acceptors (Lipinski definition) is 4. The van der Waals surface area contributed by atoms with Gasteiger partial charge in [-0.05, 0) is 42.6 Å². The first kappa shape index (κ1) is 23.0. The molecule has 0 atom stereocenters. The number of anilines is 1. The largest absolute Gasteiger partial charge is 0.491 e. The molecule has 26 heavy (non-hydrogen) atoms. The fourth-order valence-corrected chi connectivity index (χ4v) is 3.79. The molecule has 0 unspecified atom stereocenters.